The lowest BCUT2D eigenvalue weighted by Gasteiger charge is -2.10. The van der Waals surface area contributed by atoms with Crippen LogP contribution in [0.1, 0.15) is 15.9 Å². The van der Waals surface area contributed by atoms with Crippen molar-refractivity contribution in [1.29, 1.82) is 0 Å². The number of fused-ring (bicyclic) bond motifs is 1. The van der Waals surface area contributed by atoms with Gasteiger partial charge in [0.1, 0.15) is 11.6 Å². The maximum absolute atomic E-state index is 12.6. The van der Waals surface area contributed by atoms with Crippen LogP contribution < -0.4 is 16.4 Å². The molecule has 0 fully saturated rings. The molecule has 8 nitrogen and oxygen atoms in total. The number of benzene rings is 1. The first-order chi connectivity index (χ1) is 16.0. The number of pyridine rings is 2. The molecule has 0 saturated carbocycles. The highest BCUT2D eigenvalue weighted by Crippen LogP contribution is 2.31. The Morgan fingerprint density at radius 2 is 1.91 bits per heavy atom. The summed E-state index contributed by atoms with van der Waals surface area (Å²) in [6.45, 7) is 1.99. The number of hydrogen-bond acceptors (Lipinski definition) is 8. The van der Waals surface area contributed by atoms with Gasteiger partial charge in [-0.25, -0.2) is 19.9 Å². The molecule has 0 aliphatic rings. The second kappa shape index (κ2) is 8.64. The van der Waals surface area contributed by atoms with Crippen LogP contribution in [0.25, 0.3) is 21.6 Å². The van der Waals surface area contributed by atoms with E-state index < -0.39 is 0 Å². The SMILES string of the molecule is Cc1ccc(Nc2nc(-c3cccc(NC(=O)c4ccc(N)nc4)c3)nc3ccsc23)nc1. The number of hydrogen-bond donors (Lipinski definition) is 3. The Balaban J connectivity index is 1.46. The first-order valence-electron chi connectivity index (χ1n) is 10.1. The van der Waals surface area contributed by atoms with Crippen molar-refractivity contribution in [2.75, 3.05) is 16.4 Å². The number of nitrogens with zero attached hydrogens (tertiary/aromatic N) is 4. The molecule has 4 N–H and O–H groups in total. The summed E-state index contributed by atoms with van der Waals surface area (Å²) in [5, 5.41) is 8.17. The molecular weight excluding hydrogens is 434 g/mol. The highest BCUT2D eigenvalue weighted by molar-refractivity contribution is 7.17. The van der Waals surface area contributed by atoms with Gasteiger partial charge < -0.3 is 16.4 Å². The van der Waals surface area contributed by atoms with E-state index in [0.29, 0.717) is 34.5 Å². The first kappa shape index (κ1) is 20.5. The van der Waals surface area contributed by atoms with Gasteiger partial charge >= 0.3 is 0 Å². The Morgan fingerprint density at radius 1 is 1.00 bits per heavy atom. The smallest absolute Gasteiger partial charge is 0.257 e. The molecule has 0 saturated heterocycles. The summed E-state index contributed by atoms with van der Waals surface area (Å²) >= 11 is 1.56. The molecular formula is C24H19N7OS. The van der Waals surface area contributed by atoms with E-state index in [1.165, 1.54) is 6.20 Å². The molecule has 5 aromatic rings. The highest BCUT2D eigenvalue weighted by Gasteiger charge is 2.13. The molecule has 162 valence electrons. The molecule has 33 heavy (non-hydrogen) atoms. The zero-order valence-corrected chi connectivity index (χ0v) is 18.4. The topological polar surface area (TPSA) is 119 Å². The Kier molecular flexibility index (Phi) is 5.37. The van der Waals surface area contributed by atoms with Gasteiger partial charge in [0.2, 0.25) is 0 Å². The largest absolute Gasteiger partial charge is 0.384 e. The average Bonchev–Trinajstić information content (AvgIpc) is 3.30. The predicted octanol–water partition coefficient (Wildman–Crippen LogP) is 5.03. The zero-order chi connectivity index (χ0) is 22.8. The summed E-state index contributed by atoms with van der Waals surface area (Å²) in [7, 11) is 0. The minimum Gasteiger partial charge on any atom is -0.384 e. The van der Waals surface area contributed by atoms with Crippen LogP contribution in [0.5, 0.6) is 0 Å². The van der Waals surface area contributed by atoms with Crippen molar-refractivity contribution in [3.63, 3.8) is 0 Å². The van der Waals surface area contributed by atoms with E-state index in [2.05, 4.69) is 20.6 Å². The number of nitrogen functional groups attached to an aromatic ring is 1. The van der Waals surface area contributed by atoms with Crippen LogP contribution in [0.4, 0.5) is 23.1 Å². The summed E-state index contributed by atoms with van der Waals surface area (Å²) in [4.78, 5) is 30.4. The summed E-state index contributed by atoms with van der Waals surface area (Å²) in [6, 6.07) is 16.5. The van der Waals surface area contributed by atoms with Crippen LogP contribution in [-0.4, -0.2) is 25.8 Å². The maximum Gasteiger partial charge on any atom is 0.257 e. The van der Waals surface area contributed by atoms with E-state index in [0.717, 1.165) is 21.3 Å². The van der Waals surface area contributed by atoms with Crippen molar-refractivity contribution in [3.05, 3.63) is 83.5 Å². The number of nitrogens with two attached hydrogens (primary N) is 1. The summed E-state index contributed by atoms with van der Waals surface area (Å²) in [5.74, 6) is 2.02. The molecule has 0 aliphatic heterocycles. The summed E-state index contributed by atoms with van der Waals surface area (Å²) in [5.41, 5.74) is 9.33. The lowest BCUT2D eigenvalue weighted by Crippen LogP contribution is -2.12. The minimum absolute atomic E-state index is 0.276. The molecule has 4 aromatic heterocycles. The molecule has 0 spiro atoms. The number of aryl methyl sites for hydroxylation is 1. The normalized spacial score (nSPS) is 10.8. The third-order valence-electron chi connectivity index (χ3n) is 4.89. The molecule has 1 amide bonds. The van der Waals surface area contributed by atoms with Gasteiger partial charge in [0, 0.05) is 23.6 Å². The van der Waals surface area contributed by atoms with Gasteiger partial charge in [-0.05, 0) is 54.3 Å². The molecule has 9 heteroatoms. The minimum atomic E-state index is -0.276. The van der Waals surface area contributed by atoms with Crippen LogP contribution in [0.3, 0.4) is 0 Å². The van der Waals surface area contributed by atoms with Gasteiger partial charge in [0.05, 0.1) is 15.8 Å². The average molecular weight is 454 g/mol. The maximum atomic E-state index is 12.6. The van der Waals surface area contributed by atoms with E-state index in [-0.39, 0.29) is 5.91 Å². The first-order valence-corrected chi connectivity index (χ1v) is 11.0. The van der Waals surface area contributed by atoms with E-state index in [1.54, 1.807) is 29.7 Å². The number of anilines is 4. The number of thiophene rings is 1. The van der Waals surface area contributed by atoms with Gasteiger partial charge in [0.25, 0.3) is 5.91 Å². The Morgan fingerprint density at radius 3 is 2.70 bits per heavy atom. The summed E-state index contributed by atoms with van der Waals surface area (Å²) in [6.07, 6.45) is 3.25. The number of nitrogens with one attached hydrogen (secondary N) is 2. The number of carbonyl (C=O) groups excluding carboxylic acids is 1. The molecule has 0 unspecified atom stereocenters. The second-order valence-electron chi connectivity index (χ2n) is 7.38. The van der Waals surface area contributed by atoms with Crippen LogP contribution in [0, 0.1) is 6.92 Å². The van der Waals surface area contributed by atoms with Crippen molar-refractivity contribution in [2.45, 2.75) is 6.92 Å². The van der Waals surface area contributed by atoms with Crippen LogP contribution in [0.2, 0.25) is 0 Å². The Bertz CT molecular complexity index is 1450. The Hall–Kier alpha value is -4.37. The van der Waals surface area contributed by atoms with Gasteiger partial charge in [0.15, 0.2) is 11.6 Å². The number of amides is 1. The Labute approximate surface area is 193 Å². The van der Waals surface area contributed by atoms with E-state index in [9.17, 15) is 4.79 Å². The van der Waals surface area contributed by atoms with Crippen LogP contribution in [-0.2, 0) is 0 Å². The van der Waals surface area contributed by atoms with Gasteiger partial charge in [-0.1, -0.05) is 18.2 Å². The molecule has 0 bridgehead atoms. The number of rotatable bonds is 5. The standard InChI is InChI=1S/C24H19N7OS/c1-14-5-8-20(27-12-14)30-23-21-18(9-10-33-21)29-22(31-23)15-3-2-4-17(11-15)28-24(32)16-6-7-19(25)26-13-16/h2-13H,1H3,(H2,25,26)(H,28,32)(H,27,29,30,31). The quantitative estimate of drug-likeness (QED) is 0.341. The monoisotopic (exact) mass is 453 g/mol. The lowest BCUT2D eigenvalue weighted by molar-refractivity contribution is 0.102. The van der Waals surface area contributed by atoms with E-state index >= 15 is 0 Å². The van der Waals surface area contributed by atoms with E-state index in [4.69, 9.17) is 15.7 Å². The second-order valence-corrected chi connectivity index (χ2v) is 8.30. The third kappa shape index (κ3) is 4.48. The van der Waals surface area contributed by atoms with Gasteiger partial charge in [-0.2, -0.15) is 0 Å². The summed E-state index contributed by atoms with van der Waals surface area (Å²) < 4.78 is 0.946. The fourth-order valence-electron chi connectivity index (χ4n) is 3.22. The molecule has 4 heterocycles. The molecule has 5 rings (SSSR count). The van der Waals surface area contributed by atoms with Gasteiger partial charge in [-0.3, -0.25) is 4.79 Å². The predicted molar refractivity (Wildman–Crippen MR) is 132 cm³/mol. The van der Waals surface area contributed by atoms with Crippen molar-refractivity contribution in [1.82, 2.24) is 19.9 Å². The van der Waals surface area contributed by atoms with Gasteiger partial charge in [-0.15, -0.1) is 11.3 Å². The zero-order valence-electron chi connectivity index (χ0n) is 17.6. The molecule has 0 radical (unpaired) electrons. The molecule has 0 atom stereocenters. The highest BCUT2D eigenvalue weighted by atomic mass is 32.1. The van der Waals surface area contributed by atoms with Crippen molar-refractivity contribution in [2.24, 2.45) is 0 Å². The van der Waals surface area contributed by atoms with Crippen LogP contribution >= 0.6 is 11.3 Å². The third-order valence-corrected chi connectivity index (χ3v) is 5.80. The van der Waals surface area contributed by atoms with Crippen molar-refractivity contribution < 1.29 is 4.79 Å². The number of carbonyl (C=O) groups is 1. The van der Waals surface area contributed by atoms with Crippen molar-refractivity contribution >= 4 is 50.6 Å². The van der Waals surface area contributed by atoms with Crippen molar-refractivity contribution in [3.8, 4) is 11.4 Å². The number of aromatic nitrogens is 4. The van der Waals surface area contributed by atoms with E-state index in [1.807, 2.05) is 54.8 Å². The lowest BCUT2D eigenvalue weighted by atomic mass is 10.1. The fraction of sp³-hybridized carbons (Fsp3) is 0.0417. The fourth-order valence-corrected chi connectivity index (χ4v) is 4.00. The molecule has 0 aliphatic carbocycles. The molecule has 1 aromatic carbocycles. The van der Waals surface area contributed by atoms with Crippen LogP contribution in [0.15, 0.2) is 72.4 Å².